The van der Waals surface area contributed by atoms with Gasteiger partial charge in [0.05, 0.1) is 6.61 Å². The lowest BCUT2D eigenvalue weighted by Gasteiger charge is -2.20. The van der Waals surface area contributed by atoms with E-state index in [9.17, 15) is 4.39 Å². The molecular weight excluding hydrogens is 179 g/mol. The number of hydrogen-bond acceptors (Lipinski definition) is 1. The number of benzene rings is 1. The fourth-order valence-electron chi connectivity index (χ4n) is 1.32. The van der Waals surface area contributed by atoms with E-state index in [0.717, 1.165) is 0 Å². The van der Waals surface area contributed by atoms with Crippen LogP contribution in [0, 0.1) is 0 Å². The largest absolute Gasteiger partial charge is 0.493 e. The zero-order valence-corrected chi connectivity index (χ0v) is 7.14. The monoisotopic (exact) mass is 186 g/mol. The van der Waals surface area contributed by atoms with E-state index in [-0.39, 0.29) is 0 Å². The van der Waals surface area contributed by atoms with Gasteiger partial charge in [0, 0.05) is 17.0 Å². The molecule has 12 heavy (non-hydrogen) atoms. The highest BCUT2D eigenvalue weighted by atomic mass is 35.5. The number of ether oxygens (including phenoxy) is 1. The van der Waals surface area contributed by atoms with Crippen LogP contribution in [0.1, 0.15) is 18.2 Å². The maximum atomic E-state index is 13.2. The highest BCUT2D eigenvalue weighted by Gasteiger charge is 2.20. The lowest BCUT2D eigenvalue weighted by molar-refractivity contribution is 0.200. The maximum absolute atomic E-state index is 13.2. The minimum atomic E-state index is -0.924. The van der Waals surface area contributed by atoms with Crippen molar-refractivity contribution >= 4 is 11.6 Å². The van der Waals surface area contributed by atoms with E-state index in [1.54, 1.807) is 18.2 Å². The van der Waals surface area contributed by atoms with E-state index in [1.807, 2.05) is 0 Å². The lowest BCUT2D eigenvalue weighted by Crippen LogP contribution is -2.10. The molecule has 0 fully saturated rings. The molecule has 1 aromatic carbocycles. The van der Waals surface area contributed by atoms with Crippen LogP contribution in [0.25, 0.3) is 0 Å². The third-order valence-corrected chi connectivity index (χ3v) is 2.17. The van der Waals surface area contributed by atoms with Crippen LogP contribution < -0.4 is 4.74 Å². The fraction of sp³-hybridized carbons (Fsp3) is 0.333. The molecule has 0 aliphatic carbocycles. The SMILES string of the molecule is FC1CCOc2ccc(Cl)cc21. The van der Waals surface area contributed by atoms with Crippen LogP contribution in [0.3, 0.4) is 0 Å². The van der Waals surface area contributed by atoms with Crippen molar-refractivity contribution in [3.8, 4) is 5.75 Å². The topological polar surface area (TPSA) is 9.23 Å². The van der Waals surface area contributed by atoms with Crippen LogP contribution >= 0.6 is 11.6 Å². The van der Waals surface area contributed by atoms with Gasteiger partial charge in [-0.15, -0.1) is 0 Å². The first-order valence-corrected chi connectivity index (χ1v) is 4.21. The van der Waals surface area contributed by atoms with Crippen LogP contribution in [0.5, 0.6) is 5.75 Å². The minimum absolute atomic E-state index is 0.424. The molecule has 1 aliphatic heterocycles. The van der Waals surface area contributed by atoms with Crippen LogP contribution in [0.15, 0.2) is 18.2 Å². The molecule has 2 rings (SSSR count). The zero-order valence-electron chi connectivity index (χ0n) is 6.39. The number of alkyl halides is 1. The first-order valence-electron chi connectivity index (χ1n) is 3.83. The van der Waals surface area contributed by atoms with E-state index in [2.05, 4.69) is 0 Å². The highest BCUT2D eigenvalue weighted by molar-refractivity contribution is 6.30. The molecule has 0 amide bonds. The van der Waals surface area contributed by atoms with E-state index in [4.69, 9.17) is 16.3 Å². The molecule has 1 heterocycles. The van der Waals surface area contributed by atoms with Crippen molar-refractivity contribution in [2.24, 2.45) is 0 Å². The molecule has 1 atom stereocenters. The quantitative estimate of drug-likeness (QED) is 0.605. The third kappa shape index (κ3) is 1.27. The van der Waals surface area contributed by atoms with Gasteiger partial charge in [-0.05, 0) is 18.2 Å². The Morgan fingerprint density at radius 2 is 2.33 bits per heavy atom. The average Bonchev–Trinajstić information content (AvgIpc) is 2.07. The summed E-state index contributed by atoms with van der Waals surface area (Å²) in [5.74, 6) is 0.623. The Hall–Kier alpha value is -0.760. The normalized spacial score (nSPS) is 21.3. The summed E-state index contributed by atoms with van der Waals surface area (Å²) in [6.45, 7) is 0.454. The van der Waals surface area contributed by atoms with E-state index >= 15 is 0 Å². The summed E-state index contributed by atoms with van der Waals surface area (Å²) in [5, 5.41) is 0.557. The molecule has 0 aromatic heterocycles. The van der Waals surface area contributed by atoms with E-state index in [0.29, 0.717) is 29.4 Å². The summed E-state index contributed by atoms with van der Waals surface area (Å²) < 4.78 is 18.5. The molecule has 64 valence electrons. The maximum Gasteiger partial charge on any atom is 0.132 e. The Bertz CT molecular complexity index is 301. The van der Waals surface area contributed by atoms with Gasteiger partial charge in [-0.3, -0.25) is 0 Å². The van der Waals surface area contributed by atoms with Gasteiger partial charge < -0.3 is 4.74 Å². The van der Waals surface area contributed by atoms with Crippen molar-refractivity contribution in [2.75, 3.05) is 6.61 Å². The molecule has 0 bridgehead atoms. The molecule has 0 saturated heterocycles. The van der Waals surface area contributed by atoms with E-state index < -0.39 is 6.17 Å². The molecule has 0 saturated carbocycles. The molecular formula is C9H8ClFO. The van der Waals surface area contributed by atoms with Crippen molar-refractivity contribution in [1.29, 1.82) is 0 Å². The molecule has 0 spiro atoms. The number of hydrogen-bond donors (Lipinski definition) is 0. The van der Waals surface area contributed by atoms with Crippen molar-refractivity contribution in [1.82, 2.24) is 0 Å². The second-order valence-corrected chi connectivity index (χ2v) is 3.22. The second kappa shape index (κ2) is 2.94. The number of halogens is 2. The van der Waals surface area contributed by atoms with E-state index in [1.165, 1.54) is 0 Å². The predicted octanol–water partition coefficient (Wildman–Crippen LogP) is 3.13. The van der Waals surface area contributed by atoms with Crippen molar-refractivity contribution in [3.05, 3.63) is 28.8 Å². The van der Waals surface area contributed by atoms with Crippen LogP contribution in [-0.4, -0.2) is 6.61 Å². The Balaban J connectivity index is 2.47. The first-order chi connectivity index (χ1) is 5.77. The van der Waals surface area contributed by atoms with Gasteiger partial charge >= 0.3 is 0 Å². The van der Waals surface area contributed by atoms with Gasteiger partial charge in [0.1, 0.15) is 11.9 Å². The van der Waals surface area contributed by atoms with Crippen LogP contribution in [0.2, 0.25) is 5.02 Å². The van der Waals surface area contributed by atoms with Crippen LogP contribution in [0.4, 0.5) is 4.39 Å². The second-order valence-electron chi connectivity index (χ2n) is 2.79. The molecule has 0 radical (unpaired) electrons. The summed E-state index contributed by atoms with van der Waals surface area (Å²) in [6, 6.07) is 5.04. The summed E-state index contributed by atoms with van der Waals surface area (Å²) >= 11 is 5.72. The molecule has 1 aromatic rings. The number of rotatable bonds is 0. The summed E-state index contributed by atoms with van der Waals surface area (Å²) in [4.78, 5) is 0. The van der Waals surface area contributed by atoms with Crippen molar-refractivity contribution in [3.63, 3.8) is 0 Å². The molecule has 0 N–H and O–H groups in total. The highest BCUT2D eigenvalue weighted by Crippen LogP contribution is 2.35. The third-order valence-electron chi connectivity index (χ3n) is 1.94. The standard InChI is InChI=1S/C9H8ClFO/c10-6-1-2-9-7(5-6)8(11)3-4-12-9/h1-2,5,8H,3-4H2. The zero-order chi connectivity index (χ0) is 8.55. The smallest absolute Gasteiger partial charge is 0.132 e. The van der Waals surface area contributed by atoms with Crippen LogP contribution in [-0.2, 0) is 0 Å². The Morgan fingerprint density at radius 3 is 3.17 bits per heavy atom. The molecule has 1 unspecified atom stereocenters. The summed E-state index contributed by atoms with van der Waals surface area (Å²) in [7, 11) is 0. The molecule has 1 nitrogen and oxygen atoms in total. The van der Waals surface area contributed by atoms with Gasteiger partial charge in [0.15, 0.2) is 0 Å². The van der Waals surface area contributed by atoms with Crippen molar-refractivity contribution in [2.45, 2.75) is 12.6 Å². The lowest BCUT2D eigenvalue weighted by atomic mass is 10.1. The molecule has 3 heteroatoms. The fourth-order valence-corrected chi connectivity index (χ4v) is 1.50. The number of fused-ring (bicyclic) bond motifs is 1. The predicted molar refractivity (Wildman–Crippen MR) is 45.4 cm³/mol. The summed E-state index contributed by atoms with van der Waals surface area (Å²) in [6.07, 6.45) is -0.500. The Morgan fingerprint density at radius 1 is 1.50 bits per heavy atom. The Labute approximate surface area is 75.1 Å². The van der Waals surface area contributed by atoms with Gasteiger partial charge in [0.25, 0.3) is 0 Å². The van der Waals surface area contributed by atoms with Gasteiger partial charge in [0.2, 0.25) is 0 Å². The Kier molecular flexibility index (Phi) is 1.93. The van der Waals surface area contributed by atoms with Crippen molar-refractivity contribution < 1.29 is 9.13 Å². The minimum Gasteiger partial charge on any atom is -0.493 e. The average molecular weight is 187 g/mol. The first kappa shape index (κ1) is 7.87. The molecule has 1 aliphatic rings. The van der Waals surface area contributed by atoms with Gasteiger partial charge in [-0.25, -0.2) is 4.39 Å². The summed E-state index contributed by atoms with van der Waals surface area (Å²) in [5.41, 5.74) is 0.578. The van der Waals surface area contributed by atoms with Gasteiger partial charge in [-0.1, -0.05) is 11.6 Å². The van der Waals surface area contributed by atoms with Gasteiger partial charge in [-0.2, -0.15) is 0 Å².